The van der Waals surface area contributed by atoms with Gasteiger partial charge in [-0.15, -0.1) is 0 Å². The van der Waals surface area contributed by atoms with Crippen LogP contribution in [0.5, 0.6) is 11.5 Å². The Hall–Kier alpha value is -1.75. The zero-order valence-corrected chi connectivity index (χ0v) is 13.7. The molecule has 0 radical (unpaired) electrons. The minimum absolute atomic E-state index is 0.161. The van der Waals surface area contributed by atoms with E-state index in [4.69, 9.17) is 15.2 Å². The van der Waals surface area contributed by atoms with Gasteiger partial charge in [-0.1, -0.05) is 26.8 Å². The highest BCUT2D eigenvalue weighted by atomic mass is 16.5. The van der Waals surface area contributed by atoms with E-state index in [0.29, 0.717) is 11.5 Å². The van der Waals surface area contributed by atoms with Gasteiger partial charge in [0, 0.05) is 0 Å². The zero-order valence-electron chi connectivity index (χ0n) is 13.7. The van der Waals surface area contributed by atoms with E-state index in [2.05, 4.69) is 5.32 Å². The van der Waals surface area contributed by atoms with Gasteiger partial charge < -0.3 is 20.5 Å². The molecule has 0 aliphatic rings. The van der Waals surface area contributed by atoms with E-state index in [1.165, 1.54) is 0 Å². The molecule has 0 aliphatic carbocycles. The second kappa shape index (κ2) is 6.80. The van der Waals surface area contributed by atoms with Crippen LogP contribution in [0, 0.1) is 5.41 Å². The van der Waals surface area contributed by atoms with Crippen LogP contribution in [0.25, 0.3) is 0 Å². The SMILES string of the molecule is COc1ccc(C(C)NC(=O)[C@H](N)C(C)(C)C)cc1OC. The Balaban J connectivity index is 2.85. The smallest absolute Gasteiger partial charge is 0.237 e. The predicted molar refractivity (Wildman–Crippen MR) is 83.5 cm³/mol. The Morgan fingerprint density at radius 1 is 1.19 bits per heavy atom. The summed E-state index contributed by atoms with van der Waals surface area (Å²) in [5.41, 5.74) is 6.62. The lowest BCUT2D eigenvalue weighted by molar-refractivity contribution is -0.125. The fourth-order valence-electron chi connectivity index (χ4n) is 1.90. The molecule has 5 nitrogen and oxygen atoms in total. The number of hydrogen-bond donors (Lipinski definition) is 2. The molecule has 1 rings (SSSR count). The van der Waals surface area contributed by atoms with Crippen LogP contribution in [0.15, 0.2) is 18.2 Å². The standard InChI is InChI=1S/C16H26N2O3/c1-10(18-15(19)14(17)16(2,3)4)11-7-8-12(20-5)13(9-11)21-6/h7-10,14H,17H2,1-6H3,(H,18,19)/t10?,14-/m0/s1. The number of ether oxygens (including phenoxy) is 2. The van der Waals surface area contributed by atoms with Gasteiger partial charge in [-0.3, -0.25) is 4.79 Å². The van der Waals surface area contributed by atoms with Crippen molar-refractivity contribution in [1.29, 1.82) is 0 Å². The molecular formula is C16H26N2O3. The van der Waals surface area contributed by atoms with Crippen molar-refractivity contribution in [2.24, 2.45) is 11.1 Å². The van der Waals surface area contributed by atoms with Crippen molar-refractivity contribution < 1.29 is 14.3 Å². The van der Waals surface area contributed by atoms with Crippen molar-refractivity contribution in [3.8, 4) is 11.5 Å². The van der Waals surface area contributed by atoms with E-state index in [1.807, 2.05) is 45.9 Å². The molecule has 1 aromatic rings. The zero-order chi connectivity index (χ0) is 16.2. The van der Waals surface area contributed by atoms with E-state index in [1.54, 1.807) is 14.2 Å². The summed E-state index contributed by atoms with van der Waals surface area (Å²) in [5.74, 6) is 1.13. The van der Waals surface area contributed by atoms with Crippen LogP contribution < -0.4 is 20.5 Å². The minimum Gasteiger partial charge on any atom is -0.493 e. The second-order valence-electron chi connectivity index (χ2n) is 6.19. The van der Waals surface area contributed by atoms with Crippen molar-refractivity contribution in [3.63, 3.8) is 0 Å². The molecule has 1 aromatic carbocycles. The first kappa shape index (κ1) is 17.3. The monoisotopic (exact) mass is 294 g/mol. The highest BCUT2D eigenvalue weighted by Crippen LogP contribution is 2.30. The van der Waals surface area contributed by atoms with Crippen molar-refractivity contribution in [1.82, 2.24) is 5.32 Å². The number of carbonyl (C=O) groups is 1. The molecule has 0 saturated carbocycles. The molecule has 0 aromatic heterocycles. The lowest BCUT2D eigenvalue weighted by Gasteiger charge is -2.27. The highest BCUT2D eigenvalue weighted by molar-refractivity contribution is 5.82. The van der Waals surface area contributed by atoms with Crippen LogP contribution in [0.2, 0.25) is 0 Å². The van der Waals surface area contributed by atoms with Gasteiger partial charge in [-0.2, -0.15) is 0 Å². The number of benzene rings is 1. The van der Waals surface area contributed by atoms with Gasteiger partial charge in [0.15, 0.2) is 11.5 Å². The van der Waals surface area contributed by atoms with Crippen molar-refractivity contribution in [3.05, 3.63) is 23.8 Å². The Labute approximate surface area is 126 Å². The minimum atomic E-state index is -0.555. The van der Waals surface area contributed by atoms with Crippen LogP contribution in [0.1, 0.15) is 39.3 Å². The maximum Gasteiger partial charge on any atom is 0.237 e. The summed E-state index contributed by atoms with van der Waals surface area (Å²) < 4.78 is 10.5. The first-order valence-corrected chi connectivity index (χ1v) is 6.98. The predicted octanol–water partition coefficient (Wildman–Crippen LogP) is 2.25. The maximum absolute atomic E-state index is 12.2. The molecule has 0 saturated heterocycles. The molecule has 21 heavy (non-hydrogen) atoms. The highest BCUT2D eigenvalue weighted by Gasteiger charge is 2.28. The average molecular weight is 294 g/mol. The molecule has 3 N–H and O–H groups in total. The largest absolute Gasteiger partial charge is 0.493 e. The molecule has 2 atom stereocenters. The van der Waals surface area contributed by atoms with Crippen LogP contribution in [-0.4, -0.2) is 26.2 Å². The van der Waals surface area contributed by atoms with E-state index in [0.717, 1.165) is 5.56 Å². The van der Waals surface area contributed by atoms with Gasteiger partial charge in [0.05, 0.1) is 26.3 Å². The molecule has 0 fully saturated rings. The van der Waals surface area contributed by atoms with Crippen molar-refractivity contribution in [2.75, 3.05) is 14.2 Å². The van der Waals surface area contributed by atoms with Gasteiger partial charge in [-0.25, -0.2) is 0 Å². The molecule has 0 bridgehead atoms. The van der Waals surface area contributed by atoms with Gasteiger partial charge in [0.25, 0.3) is 0 Å². The van der Waals surface area contributed by atoms with Gasteiger partial charge in [-0.05, 0) is 30.0 Å². The van der Waals surface area contributed by atoms with E-state index in [-0.39, 0.29) is 17.4 Å². The summed E-state index contributed by atoms with van der Waals surface area (Å²) in [5, 5.41) is 2.93. The van der Waals surface area contributed by atoms with Crippen LogP contribution in [0.4, 0.5) is 0 Å². The summed E-state index contributed by atoms with van der Waals surface area (Å²) in [6.07, 6.45) is 0. The molecule has 1 amide bonds. The number of nitrogens with one attached hydrogen (secondary N) is 1. The number of rotatable bonds is 5. The third-order valence-electron chi connectivity index (χ3n) is 3.48. The summed E-state index contributed by atoms with van der Waals surface area (Å²) in [6, 6.07) is 4.85. The first-order chi connectivity index (χ1) is 9.70. The van der Waals surface area contributed by atoms with E-state index in [9.17, 15) is 4.79 Å². The molecule has 118 valence electrons. The van der Waals surface area contributed by atoms with E-state index < -0.39 is 6.04 Å². The van der Waals surface area contributed by atoms with Gasteiger partial charge >= 0.3 is 0 Å². The van der Waals surface area contributed by atoms with E-state index >= 15 is 0 Å². The fourth-order valence-corrected chi connectivity index (χ4v) is 1.90. The molecule has 0 spiro atoms. The molecule has 1 unspecified atom stereocenters. The topological polar surface area (TPSA) is 73.6 Å². The number of carbonyl (C=O) groups excluding carboxylic acids is 1. The summed E-state index contributed by atoms with van der Waals surface area (Å²) in [7, 11) is 3.17. The Morgan fingerprint density at radius 3 is 2.24 bits per heavy atom. The third-order valence-corrected chi connectivity index (χ3v) is 3.48. The summed E-state index contributed by atoms with van der Waals surface area (Å²) >= 11 is 0. The summed E-state index contributed by atoms with van der Waals surface area (Å²) in [6.45, 7) is 7.74. The third kappa shape index (κ3) is 4.36. The number of nitrogens with two attached hydrogens (primary N) is 1. The van der Waals surface area contributed by atoms with Gasteiger partial charge in [0.2, 0.25) is 5.91 Å². The molecule has 5 heteroatoms. The number of amides is 1. The van der Waals surface area contributed by atoms with Crippen LogP contribution in [0.3, 0.4) is 0 Å². The lowest BCUT2D eigenvalue weighted by Crippen LogP contribution is -2.49. The van der Waals surface area contributed by atoms with Crippen molar-refractivity contribution in [2.45, 2.75) is 39.8 Å². The summed E-state index contributed by atoms with van der Waals surface area (Å²) in [4.78, 5) is 12.2. The number of hydrogen-bond acceptors (Lipinski definition) is 4. The average Bonchev–Trinajstić information content (AvgIpc) is 2.44. The maximum atomic E-state index is 12.2. The van der Waals surface area contributed by atoms with Gasteiger partial charge in [0.1, 0.15) is 0 Å². The molecule has 0 heterocycles. The Kier molecular flexibility index (Phi) is 5.61. The molecule has 0 aliphatic heterocycles. The quantitative estimate of drug-likeness (QED) is 0.873. The lowest BCUT2D eigenvalue weighted by atomic mass is 9.86. The Bertz CT molecular complexity index is 495. The van der Waals surface area contributed by atoms with Crippen LogP contribution in [-0.2, 0) is 4.79 Å². The van der Waals surface area contributed by atoms with Crippen LogP contribution >= 0.6 is 0 Å². The normalized spacial score (nSPS) is 14.2. The Morgan fingerprint density at radius 2 is 1.76 bits per heavy atom. The number of methoxy groups -OCH3 is 2. The van der Waals surface area contributed by atoms with Crippen molar-refractivity contribution >= 4 is 5.91 Å². The second-order valence-corrected chi connectivity index (χ2v) is 6.19. The molecular weight excluding hydrogens is 268 g/mol. The first-order valence-electron chi connectivity index (χ1n) is 6.98. The fraction of sp³-hybridized carbons (Fsp3) is 0.562.